The van der Waals surface area contributed by atoms with Crippen LogP contribution in [-0.2, 0) is 0 Å². The van der Waals surface area contributed by atoms with Crippen LogP contribution in [0.25, 0.3) is 0 Å². The minimum atomic E-state index is -1.17. The Labute approximate surface area is 250 Å². The molecule has 2 radical (unpaired) electrons. The van der Waals surface area contributed by atoms with Crippen LogP contribution in [0.5, 0.6) is 0 Å². The summed E-state index contributed by atoms with van der Waals surface area (Å²) in [4.78, 5) is 0. The molecule has 0 aliphatic heterocycles. The Morgan fingerprint density at radius 1 is 0.410 bits per heavy atom. The van der Waals surface area contributed by atoms with E-state index in [0.29, 0.717) is 16.6 Å². The second-order valence-corrected chi connectivity index (χ2v) is 24.7. The predicted molar refractivity (Wildman–Crippen MR) is 184 cm³/mol. The van der Waals surface area contributed by atoms with Gasteiger partial charge in [-0.1, -0.05) is 140 Å². The summed E-state index contributed by atoms with van der Waals surface area (Å²) in [5, 5.41) is 3.07. The molecule has 1 aromatic carbocycles. The quantitative estimate of drug-likeness (QED) is 0.368. The molecule has 0 aliphatic rings. The number of rotatable bonds is 6. The predicted octanol–water partition coefficient (Wildman–Crippen LogP) is 5.78. The van der Waals surface area contributed by atoms with Crippen LogP contribution in [0.4, 0.5) is 8.78 Å². The van der Waals surface area contributed by atoms with Crippen molar-refractivity contribution in [2.24, 2.45) is 32.5 Å². The molecule has 0 fully saturated rings. The maximum Gasteiger partial charge on any atom is 0.156 e. The smallest absolute Gasteiger partial charge is 0.156 e. The molecule has 0 atom stereocenters. The van der Waals surface area contributed by atoms with E-state index >= 15 is 8.78 Å². The van der Waals surface area contributed by atoms with Gasteiger partial charge in [-0.3, -0.25) is 0 Å². The van der Waals surface area contributed by atoms with Crippen molar-refractivity contribution in [2.45, 2.75) is 141 Å². The van der Waals surface area contributed by atoms with E-state index in [9.17, 15) is 0 Å². The van der Waals surface area contributed by atoms with Crippen LogP contribution in [0.15, 0.2) is 0 Å². The number of benzene rings is 1. The third kappa shape index (κ3) is 9.40. The standard InChI is InChI=1S/C33H63BF2Si3/c1-28(2,3)25(29(4,5)6)37-22-19(34)20(35)21(36)23(38-26(30(7,8)9)31(10,11)12)24(22)39-27(32(13,14)15)33(16,17)18/h25-27H,37-39H2,1-18H3. The molecule has 0 spiro atoms. The third-order valence-corrected chi connectivity index (χ3v) is 22.4. The molecule has 0 saturated carbocycles. The minimum absolute atomic E-state index is 0.0119. The van der Waals surface area contributed by atoms with E-state index in [1.807, 2.05) is 0 Å². The Kier molecular flexibility index (Phi) is 11.2. The molecule has 1 aromatic rings. The summed E-state index contributed by atoms with van der Waals surface area (Å²) in [7, 11) is 3.44. The molecule has 0 nitrogen and oxygen atoms in total. The lowest BCUT2D eigenvalue weighted by Gasteiger charge is -2.44. The van der Waals surface area contributed by atoms with Crippen LogP contribution in [-0.4, -0.2) is 36.4 Å². The van der Waals surface area contributed by atoms with Gasteiger partial charge in [0.2, 0.25) is 0 Å². The van der Waals surface area contributed by atoms with Gasteiger partial charge in [-0.25, -0.2) is 8.78 Å². The second kappa shape index (κ2) is 11.8. The van der Waals surface area contributed by atoms with E-state index in [2.05, 4.69) is 125 Å². The van der Waals surface area contributed by atoms with Gasteiger partial charge in [0, 0.05) is 0 Å². The van der Waals surface area contributed by atoms with E-state index in [4.69, 9.17) is 7.85 Å². The van der Waals surface area contributed by atoms with E-state index in [-0.39, 0.29) is 38.0 Å². The Morgan fingerprint density at radius 2 is 0.641 bits per heavy atom. The highest BCUT2D eigenvalue weighted by atomic mass is 28.2. The molecule has 0 bridgehead atoms. The lowest BCUT2D eigenvalue weighted by molar-refractivity contribution is 0.232. The van der Waals surface area contributed by atoms with Gasteiger partial charge in [0.25, 0.3) is 0 Å². The van der Waals surface area contributed by atoms with Gasteiger partial charge in [0.1, 0.15) is 7.85 Å². The van der Waals surface area contributed by atoms with Crippen LogP contribution >= 0.6 is 0 Å². The first-order valence-corrected chi connectivity index (χ1v) is 19.8. The molecule has 0 amide bonds. The summed E-state index contributed by atoms with van der Waals surface area (Å²) < 4.78 is 32.2. The molecule has 6 heteroatoms. The second-order valence-electron chi connectivity index (χ2n) is 18.9. The van der Waals surface area contributed by atoms with Crippen LogP contribution in [0.1, 0.15) is 125 Å². The van der Waals surface area contributed by atoms with Gasteiger partial charge in [-0.05, 0) is 54.3 Å². The average Bonchev–Trinajstić information content (AvgIpc) is 2.63. The maximum atomic E-state index is 16.3. The molecule has 0 N–H and O–H groups in total. The first-order chi connectivity index (χ1) is 16.9. The third-order valence-electron chi connectivity index (χ3n) is 9.24. The molecule has 0 aliphatic carbocycles. The van der Waals surface area contributed by atoms with Gasteiger partial charge < -0.3 is 0 Å². The average molecular weight is 593 g/mol. The van der Waals surface area contributed by atoms with Crippen molar-refractivity contribution >= 4 is 57.4 Å². The topological polar surface area (TPSA) is 0 Å². The fourth-order valence-electron chi connectivity index (χ4n) is 7.90. The summed E-state index contributed by atoms with van der Waals surface area (Å²) in [6.45, 7) is 41.4. The van der Waals surface area contributed by atoms with Crippen LogP contribution in [0.3, 0.4) is 0 Å². The molecular formula is C33H63BF2Si3. The molecule has 39 heavy (non-hydrogen) atoms. The number of halogens is 2. The van der Waals surface area contributed by atoms with Crippen LogP contribution in [0.2, 0.25) is 16.6 Å². The van der Waals surface area contributed by atoms with E-state index in [1.165, 1.54) is 5.19 Å². The van der Waals surface area contributed by atoms with Crippen molar-refractivity contribution in [3.63, 3.8) is 0 Å². The fraction of sp³-hybridized carbons (Fsp3) is 0.818. The van der Waals surface area contributed by atoms with Gasteiger partial charge in [-0.15, -0.1) is 0 Å². The Morgan fingerprint density at radius 3 is 0.897 bits per heavy atom. The van der Waals surface area contributed by atoms with Crippen LogP contribution in [0, 0.1) is 44.1 Å². The maximum absolute atomic E-state index is 16.3. The normalized spacial score (nSPS) is 15.7. The first-order valence-electron chi connectivity index (χ1n) is 15.2. The molecule has 0 saturated heterocycles. The Bertz CT molecular complexity index is 888. The molecule has 0 aromatic heterocycles. The molecule has 0 unspecified atom stereocenters. The fourth-order valence-corrected chi connectivity index (χ4v) is 17.2. The van der Waals surface area contributed by atoms with Crippen molar-refractivity contribution < 1.29 is 8.78 Å². The summed E-state index contributed by atoms with van der Waals surface area (Å²) in [5.41, 5.74) is 1.58. The highest BCUT2D eigenvalue weighted by Crippen LogP contribution is 2.46. The number of hydrogen-bond donors (Lipinski definition) is 0. The molecular weight excluding hydrogens is 529 g/mol. The SMILES string of the molecule is [B]c1c(F)c(F)c([SiH2]C(C(C)(C)C)C(C)(C)C)c([SiH2]C(C(C)(C)C)C(C)(C)C)c1[SiH2]C(C(C)(C)C)C(C)(C)C. The number of hydrogen-bond acceptors (Lipinski definition) is 0. The monoisotopic (exact) mass is 592 g/mol. The molecule has 0 heterocycles. The van der Waals surface area contributed by atoms with Gasteiger partial charge >= 0.3 is 0 Å². The zero-order valence-electron chi connectivity index (χ0n) is 29.2. The zero-order valence-corrected chi connectivity index (χ0v) is 33.4. The van der Waals surface area contributed by atoms with Crippen molar-refractivity contribution in [2.75, 3.05) is 0 Å². The Hall–Kier alpha value is -0.204. The van der Waals surface area contributed by atoms with Crippen molar-refractivity contribution in [1.82, 2.24) is 0 Å². The molecule has 224 valence electrons. The summed E-state index contributed by atoms with van der Waals surface area (Å²) in [6, 6.07) is 0. The van der Waals surface area contributed by atoms with E-state index in [0.717, 1.165) is 10.4 Å². The van der Waals surface area contributed by atoms with E-state index in [1.54, 1.807) is 0 Å². The highest BCUT2D eigenvalue weighted by molar-refractivity contribution is 6.78. The van der Waals surface area contributed by atoms with Crippen molar-refractivity contribution in [1.29, 1.82) is 0 Å². The summed E-state index contributed by atoms with van der Waals surface area (Å²) in [5.74, 6) is -1.40. The lowest BCUT2D eigenvalue weighted by atomic mass is 9.76. The summed E-state index contributed by atoms with van der Waals surface area (Å²) >= 11 is 0. The van der Waals surface area contributed by atoms with E-state index < -0.39 is 40.2 Å². The minimum Gasteiger partial charge on any atom is -0.204 e. The summed E-state index contributed by atoms with van der Waals surface area (Å²) in [6.07, 6.45) is 0. The lowest BCUT2D eigenvalue weighted by Crippen LogP contribution is -2.62. The zero-order chi connectivity index (χ0) is 31.3. The van der Waals surface area contributed by atoms with Crippen molar-refractivity contribution in [3.05, 3.63) is 11.6 Å². The largest absolute Gasteiger partial charge is 0.204 e. The first kappa shape index (κ1) is 36.8. The van der Waals surface area contributed by atoms with Gasteiger partial charge in [0.15, 0.2) is 11.6 Å². The molecule has 1 rings (SSSR count). The van der Waals surface area contributed by atoms with Crippen LogP contribution < -0.4 is 21.0 Å². The van der Waals surface area contributed by atoms with Crippen molar-refractivity contribution in [3.8, 4) is 0 Å². The Balaban J connectivity index is 4.21. The van der Waals surface area contributed by atoms with Gasteiger partial charge in [-0.2, -0.15) is 0 Å². The highest BCUT2D eigenvalue weighted by Gasteiger charge is 2.42. The van der Waals surface area contributed by atoms with Gasteiger partial charge in [0.05, 0.1) is 28.6 Å².